The molecule has 0 heterocycles. The first-order valence-electron chi connectivity index (χ1n) is 6.90. The van der Waals surface area contributed by atoms with Gasteiger partial charge in [-0.3, -0.25) is 0 Å². The molecule has 20 heavy (non-hydrogen) atoms. The highest BCUT2D eigenvalue weighted by Crippen LogP contribution is 2.28. The van der Waals surface area contributed by atoms with Gasteiger partial charge in [0.2, 0.25) is 10.0 Å². The van der Waals surface area contributed by atoms with E-state index < -0.39 is 10.0 Å². The lowest BCUT2D eigenvalue weighted by Gasteiger charge is -2.28. The molecule has 1 aromatic carbocycles. The summed E-state index contributed by atoms with van der Waals surface area (Å²) in [6, 6.07) is 3.70. The van der Waals surface area contributed by atoms with Gasteiger partial charge in [-0.05, 0) is 49.9 Å². The van der Waals surface area contributed by atoms with Crippen LogP contribution in [0.2, 0.25) is 0 Å². The fourth-order valence-electron chi connectivity index (χ4n) is 2.28. The minimum atomic E-state index is -3.46. The largest absolute Gasteiger partial charge is 0.388 e. The second kappa shape index (κ2) is 6.14. The average Bonchev–Trinajstić information content (AvgIpc) is 2.35. The Balaban J connectivity index is 3.36. The Hall–Kier alpha value is -1.07. The first-order valence-corrected chi connectivity index (χ1v) is 8.34. The summed E-state index contributed by atoms with van der Waals surface area (Å²) in [5.74, 6) is 0.270. The third kappa shape index (κ3) is 3.15. The van der Waals surface area contributed by atoms with Crippen LogP contribution in [-0.4, -0.2) is 32.9 Å². The molecule has 1 atom stereocenters. The molecule has 0 aliphatic heterocycles. The van der Waals surface area contributed by atoms with Crippen molar-refractivity contribution in [3.8, 4) is 0 Å². The molecule has 0 fully saturated rings. The molecular formula is C15H26N2O2S. The van der Waals surface area contributed by atoms with E-state index in [4.69, 9.17) is 0 Å². The van der Waals surface area contributed by atoms with Crippen LogP contribution < -0.4 is 5.32 Å². The van der Waals surface area contributed by atoms with Gasteiger partial charge in [-0.2, -0.15) is 4.31 Å². The van der Waals surface area contributed by atoms with Gasteiger partial charge in [-0.25, -0.2) is 8.42 Å². The lowest BCUT2D eigenvalue weighted by molar-refractivity contribution is 0.315. The van der Waals surface area contributed by atoms with Crippen molar-refractivity contribution in [3.63, 3.8) is 0 Å². The summed E-state index contributed by atoms with van der Waals surface area (Å²) in [7, 11) is 0.0223. The lowest BCUT2D eigenvalue weighted by Crippen LogP contribution is -2.38. The SMILES string of the molecule is CNc1cc(C)c(S(=O)(=O)N(C)C(C)C(C)C)c(C)c1. The number of aryl methyl sites for hydroxylation is 2. The number of hydrogen-bond acceptors (Lipinski definition) is 3. The molecule has 114 valence electrons. The molecule has 1 unspecified atom stereocenters. The summed E-state index contributed by atoms with van der Waals surface area (Å²) >= 11 is 0. The maximum atomic E-state index is 12.8. The van der Waals surface area contributed by atoms with Crippen LogP contribution in [0, 0.1) is 19.8 Å². The zero-order chi connectivity index (χ0) is 15.7. The first kappa shape index (κ1) is 17.0. The lowest BCUT2D eigenvalue weighted by atomic mass is 10.1. The molecule has 0 saturated heterocycles. The number of nitrogens with one attached hydrogen (secondary N) is 1. The summed E-state index contributed by atoms with van der Waals surface area (Å²) < 4.78 is 27.1. The van der Waals surface area contributed by atoms with Crippen molar-refractivity contribution in [2.75, 3.05) is 19.4 Å². The molecule has 0 spiro atoms. The Morgan fingerprint density at radius 2 is 1.55 bits per heavy atom. The van der Waals surface area contributed by atoms with Crippen LogP contribution >= 0.6 is 0 Å². The Morgan fingerprint density at radius 1 is 1.10 bits per heavy atom. The maximum Gasteiger partial charge on any atom is 0.243 e. The van der Waals surface area contributed by atoms with Crippen molar-refractivity contribution in [2.45, 2.75) is 45.6 Å². The van der Waals surface area contributed by atoms with Gasteiger partial charge in [0.1, 0.15) is 0 Å². The summed E-state index contributed by atoms with van der Waals surface area (Å²) in [5, 5.41) is 3.05. The highest BCUT2D eigenvalue weighted by Gasteiger charge is 2.29. The van der Waals surface area contributed by atoms with E-state index in [9.17, 15) is 8.42 Å². The van der Waals surface area contributed by atoms with Gasteiger partial charge in [0.05, 0.1) is 4.90 Å². The van der Waals surface area contributed by atoms with Crippen LogP contribution in [0.4, 0.5) is 5.69 Å². The molecule has 0 radical (unpaired) electrons. The van der Waals surface area contributed by atoms with Gasteiger partial charge in [-0.1, -0.05) is 13.8 Å². The second-order valence-corrected chi connectivity index (χ2v) is 7.63. The van der Waals surface area contributed by atoms with Gasteiger partial charge >= 0.3 is 0 Å². The van der Waals surface area contributed by atoms with Crippen molar-refractivity contribution in [2.24, 2.45) is 5.92 Å². The number of benzene rings is 1. The van der Waals surface area contributed by atoms with Crippen molar-refractivity contribution < 1.29 is 8.42 Å². The highest BCUT2D eigenvalue weighted by molar-refractivity contribution is 7.89. The molecule has 4 nitrogen and oxygen atoms in total. The fourth-order valence-corrected chi connectivity index (χ4v) is 4.19. The molecule has 5 heteroatoms. The van der Waals surface area contributed by atoms with Crippen molar-refractivity contribution >= 4 is 15.7 Å². The zero-order valence-corrected chi connectivity index (χ0v) is 14.3. The minimum Gasteiger partial charge on any atom is -0.388 e. The molecular weight excluding hydrogens is 272 g/mol. The molecule has 0 amide bonds. The third-order valence-corrected chi connectivity index (χ3v) is 6.18. The summed E-state index contributed by atoms with van der Waals surface area (Å²) in [5.41, 5.74) is 2.48. The third-order valence-electron chi connectivity index (χ3n) is 3.92. The van der Waals surface area contributed by atoms with Crippen LogP contribution in [-0.2, 0) is 10.0 Å². The quantitative estimate of drug-likeness (QED) is 0.909. The van der Waals surface area contributed by atoms with Crippen LogP contribution in [0.15, 0.2) is 17.0 Å². The molecule has 0 aliphatic carbocycles. The van der Waals surface area contributed by atoms with E-state index in [1.54, 1.807) is 7.05 Å². The molecule has 1 N–H and O–H groups in total. The van der Waals surface area contributed by atoms with Crippen molar-refractivity contribution in [1.29, 1.82) is 0 Å². The molecule has 1 rings (SSSR count). The van der Waals surface area contributed by atoms with Crippen LogP contribution in [0.5, 0.6) is 0 Å². The van der Waals surface area contributed by atoms with Crippen LogP contribution in [0.3, 0.4) is 0 Å². The molecule has 0 aromatic heterocycles. The van der Waals surface area contributed by atoms with Crippen molar-refractivity contribution in [1.82, 2.24) is 4.31 Å². The molecule has 0 aliphatic rings. The second-order valence-electron chi connectivity index (χ2n) is 5.70. The summed E-state index contributed by atoms with van der Waals surface area (Å²) in [6.07, 6.45) is 0. The van der Waals surface area contributed by atoms with E-state index in [2.05, 4.69) is 5.32 Å². The van der Waals surface area contributed by atoms with Gasteiger partial charge in [0, 0.05) is 25.8 Å². The maximum absolute atomic E-state index is 12.8. The highest BCUT2D eigenvalue weighted by atomic mass is 32.2. The predicted molar refractivity (Wildman–Crippen MR) is 84.7 cm³/mol. The molecule has 0 saturated carbocycles. The Labute approximate surface area is 123 Å². The topological polar surface area (TPSA) is 49.4 Å². The Kier molecular flexibility index (Phi) is 5.21. The van der Waals surface area contributed by atoms with Gasteiger partial charge in [0.15, 0.2) is 0 Å². The number of nitrogens with zero attached hydrogens (tertiary/aromatic N) is 1. The standard InChI is InChI=1S/C15H26N2O2S/c1-10(2)13(5)17(7)20(18,19)15-11(3)8-14(16-6)9-12(15)4/h8-10,13,16H,1-7H3. The number of hydrogen-bond donors (Lipinski definition) is 1. The minimum absolute atomic E-state index is 0.0391. The van der Waals surface area contributed by atoms with Crippen molar-refractivity contribution in [3.05, 3.63) is 23.3 Å². The fraction of sp³-hybridized carbons (Fsp3) is 0.600. The number of anilines is 1. The molecule has 0 bridgehead atoms. The summed E-state index contributed by atoms with van der Waals surface area (Å²) in [6.45, 7) is 9.68. The Morgan fingerprint density at radius 3 is 1.90 bits per heavy atom. The van der Waals surface area contributed by atoms with Crippen LogP contribution in [0.1, 0.15) is 31.9 Å². The Bertz CT molecular complexity index is 557. The van der Waals surface area contributed by atoms with E-state index >= 15 is 0 Å². The first-order chi connectivity index (χ1) is 9.12. The zero-order valence-electron chi connectivity index (χ0n) is 13.5. The number of sulfonamides is 1. The van der Waals surface area contributed by atoms with E-state index in [0.717, 1.165) is 16.8 Å². The smallest absolute Gasteiger partial charge is 0.243 e. The molecule has 1 aromatic rings. The number of rotatable bonds is 5. The predicted octanol–water partition coefficient (Wildman–Crippen LogP) is 3.01. The summed E-state index contributed by atoms with van der Waals surface area (Å²) in [4.78, 5) is 0.423. The van der Waals surface area contributed by atoms with E-state index in [0.29, 0.717) is 4.90 Å². The van der Waals surface area contributed by atoms with E-state index in [-0.39, 0.29) is 12.0 Å². The van der Waals surface area contributed by atoms with Gasteiger partial charge in [-0.15, -0.1) is 0 Å². The van der Waals surface area contributed by atoms with E-state index in [1.807, 2.05) is 53.8 Å². The van der Waals surface area contributed by atoms with Gasteiger partial charge in [0.25, 0.3) is 0 Å². The average molecular weight is 298 g/mol. The van der Waals surface area contributed by atoms with E-state index in [1.165, 1.54) is 4.31 Å². The monoisotopic (exact) mass is 298 g/mol. The normalized spacial score (nSPS) is 13.8. The van der Waals surface area contributed by atoms with Crippen LogP contribution in [0.25, 0.3) is 0 Å². The van der Waals surface area contributed by atoms with Gasteiger partial charge < -0.3 is 5.32 Å².